The Morgan fingerprint density at radius 1 is 1.17 bits per heavy atom. The van der Waals surface area contributed by atoms with E-state index < -0.39 is 6.04 Å². The zero-order valence-corrected chi connectivity index (χ0v) is 15.2. The molecule has 0 spiro atoms. The number of benzene rings is 1. The summed E-state index contributed by atoms with van der Waals surface area (Å²) in [6.45, 7) is 8.84. The van der Waals surface area contributed by atoms with Gasteiger partial charge in [-0.05, 0) is 37.0 Å². The van der Waals surface area contributed by atoms with E-state index in [9.17, 15) is 9.59 Å². The molecule has 1 aromatic rings. The standard InChI is InChI=1S/C18H27ClN2O2/c1-5-6-17(22)21(12-15-7-9-16(19)10-8-15)14(4)18(23)20-11-13(2)3/h7-10,13-14H,5-6,11-12H2,1-4H3,(H,20,23). The lowest BCUT2D eigenvalue weighted by Gasteiger charge is -2.29. The zero-order valence-electron chi connectivity index (χ0n) is 14.4. The molecule has 1 N–H and O–H groups in total. The molecule has 2 amide bonds. The van der Waals surface area contributed by atoms with E-state index in [2.05, 4.69) is 5.32 Å². The summed E-state index contributed by atoms with van der Waals surface area (Å²) in [5.41, 5.74) is 0.961. The summed E-state index contributed by atoms with van der Waals surface area (Å²) in [5.74, 6) is 0.258. The van der Waals surface area contributed by atoms with Gasteiger partial charge in [0.25, 0.3) is 0 Å². The summed E-state index contributed by atoms with van der Waals surface area (Å²) in [4.78, 5) is 26.4. The number of carbonyl (C=O) groups excluding carboxylic acids is 2. The van der Waals surface area contributed by atoms with Crippen molar-refractivity contribution in [1.82, 2.24) is 10.2 Å². The van der Waals surface area contributed by atoms with Crippen LogP contribution in [0.2, 0.25) is 5.02 Å². The monoisotopic (exact) mass is 338 g/mol. The topological polar surface area (TPSA) is 49.4 Å². The van der Waals surface area contributed by atoms with Gasteiger partial charge in [-0.1, -0.05) is 44.5 Å². The second-order valence-corrected chi connectivity index (χ2v) is 6.65. The van der Waals surface area contributed by atoms with Gasteiger partial charge < -0.3 is 10.2 Å². The van der Waals surface area contributed by atoms with Crippen LogP contribution in [0.3, 0.4) is 0 Å². The molecule has 0 aliphatic rings. The summed E-state index contributed by atoms with van der Waals surface area (Å²) in [5, 5.41) is 3.56. The number of hydrogen-bond acceptors (Lipinski definition) is 2. The molecule has 0 heterocycles. The summed E-state index contributed by atoms with van der Waals surface area (Å²) < 4.78 is 0. The fourth-order valence-electron chi connectivity index (χ4n) is 2.18. The van der Waals surface area contributed by atoms with Crippen molar-refractivity contribution in [3.8, 4) is 0 Å². The van der Waals surface area contributed by atoms with Crippen molar-refractivity contribution in [2.45, 2.75) is 53.1 Å². The van der Waals surface area contributed by atoms with E-state index in [1.54, 1.807) is 24.0 Å². The maximum atomic E-state index is 12.4. The van der Waals surface area contributed by atoms with Crippen LogP contribution in [-0.2, 0) is 16.1 Å². The van der Waals surface area contributed by atoms with Gasteiger partial charge in [0.05, 0.1) is 0 Å². The van der Waals surface area contributed by atoms with Crippen LogP contribution in [0.15, 0.2) is 24.3 Å². The fourth-order valence-corrected chi connectivity index (χ4v) is 2.31. The third kappa shape index (κ3) is 6.61. The molecule has 1 atom stereocenters. The first-order chi connectivity index (χ1) is 10.8. The Morgan fingerprint density at radius 2 is 1.78 bits per heavy atom. The summed E-state index contributed by atoms with van der Waals surface area (Å²) in [7, 11) is 0. The first kappa shape index (κ1) is 19.5. The Labute approximate surface area is 144 Å². The second kappa shape index (κ2) is 9.56. The lowest BCUT2D eigenvalue weighted by Crippen LogP contribution is -2.48. The van der Waals surface area contributed by atoms with E-state index in [1.165, 1.54) is 0 Å². The van der Waals surface area contributed by atoms with Crippen molar-refractivity contribution in [2.24, 2.45) is 5.92 Å². The predicted octanol–water partition coefficient (Wildman–Crippen LogP) is 3.63. The molecular formula is C18H27ClN2O2. The van der Waals surface area contributed by atoms with Crippen LogP contribution in [0.1, 0.15) is 46.1 Å². The molecule has 0 aliphatic carbocycles. The van der Waals surface area contributed by atoms with Crippen molar-refractivity contribution in [3.63, 3.8) is 0 Å². The maximum absolute atomic E-state index is 12.4. The van der Waals surface area contributed by atoms with Gasteiger partial charge in [-0.2, -0.15) is 0 Å². The first-order valence-corrected chi connectivity index (χ1v) is 8.54. The number of hydrogen-bond donors (Lipinski definition) is 1. The molecule has 0 fully saturated rings. The van der Waals surface area contributed by atoms with Crippen LogP contribution in [0.5, 0.6) is 0 Å². The molecule has 1 rings (SSSR count). The second-order valence-electron chi connectivity index (χ2n) is 6.21. The average Bonchev–Trinajstić information content (AvgIpc) is 2.51. The van der Waals surface area contributed by atoms with Gasteiger partial charge in [0.2, 0.25) is 11.8 Å². The Morgan fingerprint density at radius 3 is 2.30 bits per heavy atom. The van der Waals surface area contributed by atoms with E-state index >= 15 is 0 Å². The molecule has 0 aliphatic heterocycles. The van der Waals surface area contributed by atoms with Gasteiger partial charge in [0.1, 0.15) is 6.04 Å². The smallest absolute Gasteiger partial charge is 0.242 e. The molecule has 1 aromatic carbocycles. The highest BCUT2D eigenvalue weighted by molar-refractivity contribution is 6.30. The minimum atomic E-state index is -0.497. The van der Waals surface area contributed by atoms with Gasteiger partial charge in [0.15, 0.2) is 0 Å². The van der Waals surface area contributed by atoms with E-state index in [0.29, 0.717) is 30.5 Å². The number of halogens is 1. The fraction of sp³-hybridized carbons (Fsp3) is 0.556. The largest absolute Gasteiger partial charge is 0.354 e. The van der Waals surface area contributed by atoms with Crippen molar-refractivity contribution < 1.29 is 9.59 Å². The third-order valence-corrected chi connectivity index (χ3v) is 3.83. The predicted molar refractivity (Wildman–Crippen MR) is 94.2 cm³/mol. The molecule has 23 heavy (non-hydrogen) atoms. The van der Waals surface area contributed by atoms with Crippen LogP contribution < -0.4 is 5.32 Å². The number of amides is 2. The number of nitrogens with one attached hydrogen (secondary N) is 1. The lowest BCUT2D eigenvalue weighted by atomic mass is 10.1. The van der Waals surface area contributed by atoms with E-state index in [-0.39, 0.29) is 11.8 Å². The summed E-state index contributed by atoms with van der Waals surface area (Å²) in [6.07, 6.45) is 1.20. The average molecular weight is 339 g/mol. The van der Waals surface area contributed by atoms with Gasteiger partial charge in [0, 0.05) is 24.5 Å². The third-order valence-electron chi connectivity index (χ3n) is 3.58. The number of nitrogens with zero attached hydrogens (tertiary/aromatic N) is 1. The SMILES string of the molecule is CCCC(=O)N(Cc1ccc(Cl)cc1)C(C)C(=O)NCC(C)C. The molecular weight excluding hydrogens is 312 g/mol. The Bertz CT molecular complexity index is 514. The summed E-state index contributed by atoms with van der Waals surface area (Å²) >= 11 is 5.90. The first-order valence-electron chi connectivity index (χ1n) is 8.16. The van der Waals surface area contributed by atoms with Crippen LogP contribution >= 0.6 is 11.6 Å². The Kier molecular flexibility index (Phi) is 8.10. The van der Waals surface area contributed by atoms with Crippen LogP contribution in [0.25, 0.3) is 0 Å². The number of rotatable bonds is 8. The van der Waals surface area contributed by atoms with Gasteiger partial charge in [-0.25, -0.2) is 0 Å². The van der Waals surface area contributed by atoms with Crippen molar-refractivity contribution >= 4 is 23.4 Å². The van der Waals surface area contributed by atoms with Gasteiger partial charge >= 0.3 is 0 Å². The molecule has 0 saturated carbocycles. The van der Waals surface area contributed by atoms with Gasteiger partial charge in [-0.15, -0.1) is 0 Å². The van der Waals surface area contributed by atoms with Crippen molar-refractivity contribution in [2.75, 3.05) is 6.54 Å². The van der Waals surface area contributed by atoms with E-state index in [0.717, 1.165) is 12.0 Å². The molecule has 4 nitrogen and oxygen atoms in total. The van der Waals surface area contributed by atoms with Crippen molar-refractivity contribution in [3.05, 3.63) is 34.9 Å². The Balaban J connectivity index is 2.84. The van der Waals surface area contributed by atoms with E-state index in [4.69, 9.17) is 11.6 Å². The molecule has 1 unspecified atom stereocenters. The minimum absolute atomic E-state index is 0.00496. The molecule has 0 saturated heterocycles. The molecule has 0 aromatic heterocycles. The lowest BCUT2D eigenvalue weighted by molar-refractivity contribution is -0.140. The normalized spacial score (nSPS) is 12.1. The molecule has 0 bridgehead atoms. The highest BCUT2D eigenvalue weighted by Crippen LogP contribution is 2.15. The maximum Gasteiger partial charge on any atom is 0.242 e. The van der Waals surface area contributed by atoms with Crippen molar-refractivity contribution in [1.29, 1.82) is 0 Å². The molecule has 128 valence electrons. The molecule has 0 radical (unpaired) electrons. The Hall–Kier alpha value is -1.55. The highest BCUT2D eigenvalue weighted by Gasteiger charge is 2.25. The quantitative estimate of drug-likeness (QED) is 0.786. The zero-order chi connectivity index (χ0) is 17.4. The van der Waals surface area contributed by atoms with Crippen LogP contribution in [0, 0.1) is 5.92 Å². The van der Waals surface area contributed by atoms with Crippen LogP contribution in [-0.4, -0.2) is 29.3 Å². The highest BCUT2D eigenvalue weighted by atomic mass is 35.5. The van der Waals surface area contributed by atoms with Gasteiger partial charge in [-0.3, -0.25) is 9.59 Å². The van der Waals surface area contributed by atoms with Crippen LogP contribution in [0.4, 0.5) is 0 Å². The minimum Gasteiger partial charge on any atom is -0.354 e. The summed E-state index contributed by atoms with van der Waals surface area (Å²) in [6, 6.07) is 6.86. The van der Waals surface area contributed by atoms with E-state index in [1.807, 2.05) is 32.9 Å². The number of carbonyl (C=O) groups is 2. The molecule has 5 heteroatoms.